The number of methoxy groups -OCH3 is 1. The molecule has 1 atom stereocenters. The fraction of sp³-hybridized carbons (Fsp3) is 0.435. The molecule has 2 aromatic rings. The van der Waals surface area contributed by atoms with Crippen LogP contribution in [0.3, 0.4) is 0 Å². The molecule has 2 aromatic carbocycles. The van der Waals surface area contributed by atoms with Crippen LogP contribution in [0.15, 0.2) is 35.2 Å². The number of carbonyl (C=O) groups is 1. The third-order valence-corrected chi connectivity index (χ3v) is 7.96. The molecule has 164 valence electrons. The zero-order chi connectivity index (χ0) is 21.6. The maximum atomic E-state index is 13.2. The van der Waals surface area contributed by atoms with Gasteiger partial charge in [-0.25, -0.2) is 13.1 Å². The highest BCUT2D eigenvalue weighted by Crippen LogP contribution is 2.49. The lowest BCUT2D eigenvalue weighted by atomic mass is 9.78. The van der Waals surface area contributed by atoms with Crippen LogP contribution in [-0.2, 0) is 21.2 Å². The molecule has 0 bridgehead atoms. The number of hydrogen-bond acceptors (Lipinski definition) is 6. The minimum atomic E-state index is -4.04. The number of nitrogens with one attached hydrogen (secondary N) is 2. The summed E-state index contributed by atoms with van der Waals surface area (Å²) in [5, 5.41) is 3.17. The summed E-state index contributed by atoms with van der Waals surface area (Å²) >= 11 is 0. The van der Waals surface area contributed by atoms with Gasteiger partial charge in [0.15, 0.2) is 0 Å². The van der Waals surface area contributed by atoms with Crippen molar-refractivity contribution < 1.29 is 22.7 Å². The van der Waals surface area contributed by atoms with Gasteiger partial charge in [0.25, 0.3) is 10.0 Å². The molecule has 2 heterocycles. The van der Waals surface area contributed by atoms with Crippen LogP contribution in [0.5, 0.6) is 11.5 Å². The van der Waals surface area contributed by atoms with Crippen LogP contribution < -0.4 is 19.5 Å². The Morgan fingerprint density at radius 1 is 1.19 bits per heavy atom. The molecule has 5 rings (SSSR count). The molecule has 0 unspecified atom stereocenters. The van der Waals surface area contributed by atoms with Crippen molar-refractivity contribution in [1.29, 1.82) is 0 Å². The quantitative estimate of drug-likeness (QED) is 0.738. The Bertz CT molecular complexity index is 1140. The van der Waals surface area contributed by atoms with Crippen molar-refractivity contribution >= 4 is 21.6 Å². The number of sulfonamides is 1. The second-order valence-electron chi connectivity index (χ2n) is 8.38. The van der Waals surface area contributed by atoms with Crippen molar-refractivity contribution in [2.24, 2.45) is 0 Å². The van der Waals surface area contributed by atoms with Gasteiger partial charge in [-0.3, -0.25) is 4.79 Å². The smallest absolute Gasteiger partial charge is 0.266 e. The number of amides is 1. The zero-order valence-electron chi connectivity index (χ0n) is 17.4. The summed E-state index contributed by atoms with van der Waals surface area (Å²) in [5.41, 5.74) is 3.26. The average Bonchev–Trinajstić information content (AvgIpc) is 3.18. The minimum Gasteiger partial charge on any atom is -0.496 e. The predicted octanol–water partition coefficient (Wildman–Crippen LogP) is 3.30. The van der Waals surface area contributed by atoms with E-state index in [1.54, 1.807) is 13.2 Å². The zero-order valence-corrected chi connectivity index (χ0v) is 18.3. The van der Waals surface area contributed by atoms with Crippen molar-refractivity contribution in [3.63, 3.8) is 0 Å². The highest BCUT2D eigenvalue weighted by atomic mass is 32.2. The van der Waals surface area contributed by atoms with Gasteiger partial charge in [-0.15, -0.1) is 0 Å². The molecule has 1 saturated carbocycles. The number of rotatable bonds is 5. The fourth-order valence-corrected chi connectivity index (χ4v) is 5.97. The molecular weight excluding hydrogens is 416 g/mol. The molecule has 0 radical (unpaired) electrons. The molecule has 0 aromatic heterocycles. The lowest BCUT2D eigenvalue weighted by molar-refractivity contribution is -0.121. The first kappa shape index (κ1) is 20.2. The van der Waals surface area contributed by atoms with Gasteiger partial charge in [-0.05, 0) is 54.9 Å². The highest BCUT2D eigenvalue weighted by Gasteiger charge is 2.39. The van der Waals surface area contributed by atoms with Gasteiger partial charge in [-0.2, -0.15) is 0 Å². The van der Waals surface area contributed by atoms with E-state index in [1.165, 1.54) is 12.5 Å². The first-order valence-corrected chi connectivity index (χ1v) is 12.2. The number of aryl methyl sites for hydroxylation is 1. The predicted molar refractivity (Wildman–Crippen MR) is 116 cm³/mol. The number of carbonyl (C=O) groups excluding carboxylic acids is 1. The van der Waals surface area contributed by atoms with Gasteiger partial charge in [0, 0.05) is 6.54 Å². The molecule has 1 fully saturated rings. The molecule has 3 aliphatic rings. The van der Waals surface area contributed by atoms with Crippen molar-refractivity contribution in [1.82, 2.24) is 4.72 Å². The maximum absolute atomic E-state index is 13.2. The largest absolute Gasteiger partial charge is 0.496 e. The van der Waals surface area contributed by atoms with E-state index in [4.69, 9.17) is 9.47 Å². The van der Waals surface area contributed by atoms with Gasteiger partial charge in [0.1, 0.15) is 28.9 Å². The Labute approximate surface area is 182 Å². The van der Waals surface area contributed by atoms with Crippen LogP contribution in [0.25, 0.3) is 0 Å². The number of fused-ring (bicyclic) bond motifs is 2. The van der Waals surface area contributed by atoms with Gasteiger partial charge in [0.05, 0.1) is 18.4 Å². The fourth-order valence-electron chi connectivity index (χ4n) is 4.73. The van der Waals surface area contributed by atoms with Crippen LogP contribution >= 0.6 is 0 Å². The number of ether oxygens (including phenoxy) is 2. The number of para-hydroxylation sites is 1. The summed E-state index contributed by atoms with van der Waals surface area (Å²) in [4.78, 5) is 13.3. The molecule has 8 heteroatoms. The summed E-state index contributed by atoms with van der Waals surface area (Å²) in [7, 11) is -2.49. The molecule has 7 nitrogen and oxygen atoms in total. The van der Waals surface area contributed by atoms with Crippen LogP contribution in [0.2, 0.25) is 0 Å². The van der Waals surface area contributed by atoms with Crippen LogP contribution in [-0.4, -0.2) is 34.6 Å². The van der Waals surface area contributed by atoms with Crippen molar-refractivity contribution in [3.05, 3.63) is 47.0 Å². The van der Waals surface area contributed by atoms with Crippen LogP contribution in [0.1, 0.15) is 54.2 Å². The Balaban J connectivity index is 1.45. The van der Waals surface area contributed by atoms with Gasteiger partial charge < -0.3 is 14.8 Å². The lowest BCUT2D eigenvalue weighted by Crippen LogP contribution is -2.36. The molecule has 31 heavy (non-hydrogen) atoms. The second-order valence-corrected chi connectivity index (χ2v) is 10.0. The topological polar surface area (TPSA) is 93.7 Å². The van der Waals surface area contributed by atoms with Crippen molar-refractivity contribution in [2.45, 2.75) is 48.8 Å². The molecule has 0 saturated heterocycles. The number of hydrogen-bond donors (Lipinski definition) is 2. The SMILES string of the molecule is COc1ccc(C2CCC2)c2c1[C@@H](C(=O)NS(=O)(=O)c1cccc3c1NCCC3)CO2. The summed E-state index contributed by atoms with van der Waals surface area (Å²) in [6.45, 7) is 0.806. The second kappa shape index (κ2) is 7.75. The summed E-state index contributed by atoms with van der Waals surface area (Å²) in [5.74, 6) is 0.308. The summed E-state index contributed by atoms with van der Waals surface area (Å²) in [6.07, 6.45) is 5.13. The maximum Gasteiger partial charge on any atom is 0.266 e. The van der Waals surface area contributed by atoms with E-state index in [2.05, 4.69) is 10.0 Å². The molecule has 2 N–H and O–H groups in total. The first-order chi connectivity index (χ1) is 15.0. The van der Waals surface area contributed by atoms with Gasteiger partial charge >= 0.3 is 0 Å². The normalized spacial score (nSPS) is 20.0. The average molecular weight is 443 g/mol. The van der Waals surface area contributed by atoms with Gasteiger partial charge in [0.2, 0.25) is 5.91 Å². The number of anilines is 1. The Morgan fingerprint density at radius 2 is 2.03 bits per heavy atom. The third-order valence-electron chi connectivity index (χ3n) is 6.57. The van der Waals surface area contributed by atoms with Crippen LogP contribution in [0.4, 0.5) is 5.69 Å². The third kappa shape index (κ3) is 3.43. The Hall–Kier alpha value is -2.74. The van der Waals surface area contributed by atoms with Crippen molar-refractivity contribution in [3.8, 4) is 11.5 Å². The van der Waals surface area contributed by atoms with E-state index < -0.39 is 21.8 Å². The molecule has 0 spiro atoms. The van der Waals surface area contributed by atoms with E-state index in [9.17, 15) is 13.2 Å². The summed E-state index contributed by atoms with van der Waals surface area (Å²) < 4.78 is 40.0. The highest BCUT2D eigenvalue weighted by molar-refractivity contribution is 7.90. The van der Waals surface area contributed by atoms with Crippen molar-refractivity contribution in [2.75, 3.05) is 25.6 Å². The molecule has 2 aliphatic heterocycles. The summed E-state index contributed by atoms with van der Waals surface area (Å²) in [6, 6.07) is 9.01. The Kier molecular flexibility index (Phi) is 5.04. The standard InChI is InChI=1S/C23H26N2O5S/c1-29-18-11-10-16(14-5-2-6-14)22-20(18)17(13-30-22)23(26)25-31(27,28)19-9-3-7-15-8-4-12-24-21(15)19/h3,7,9-11,14,17,24H,2,4-6,8,12-13H2,1H3,(H,25,26)/t17-/m0/s1. The van der Waals surface area contributed by atoms with E-state index >= 15 is 0 Å². The Morgan fingerprint density at radius 3 is 2.77 bits per heavy atom. The van der Waals surface area contributed by atoms with E-state index in [1.807, 2.05) is 18.2 Å². The molecular formula is C23H26N2O5S. The number of benzene rings is 2. The minimum absolute atomic E-state index is 0.0991. The lowest BCUT2D eigenvalue weighted by Gasteiger charge is -2.27. The van der Waals surface area contributed by atoms with Gasteiger partial charge in [-0.1, -0.05) is 24.6 Å². The first-order valence-electron chi connectivity index (χ1n) is 10.8. The van der Waals surface area contributed by atoms with E-state index in [-0.39, 0.29) is 11.5 Å². The molecule has 1 aliphatic carbocycles. The monoisotopic (exact) mass is 442 g/mol. The van der Waals surface area contributed by atoms with Crippen LogP contribution in [0, 0.1) is 0 Å². The van der Waals surface area contributed by atoms with E-state index in [0.29, 0.717) is 35.2 Å². The van der Waals surface area contributed by atoms with E-state index in [0.717, 1.165) is 36.8 Å². The molecule has 1 amide bonds.